The number of hydrogen-bond acceptors (Lipinski definition) is 17. The molecule has 6 heterocycles. The Morgan fingerprint density at radius 3 is 0.789 bits per heavy atom. The van der Waals surface area contributed by atoms with Gasteiger partial charge >= 0.3 is 0 Å². The van der Waals surface area contributed by atoms with Crippen molar-refractivity contribution in [1.82, 2.24) is 45.3 Å². The molecule has 6 aliphatic heterocycles. The molecule has 128 heavy (non-hydrogen) atoms. The number of amides is 3. The van der Waals surface area contributed by atoms with E-state index in [1.165, 1.54) is 55.6 Å². The van der Waals surface area contributed by atoms with Crippen LogP contribution in [0.1, 0.15) is 257 Å². The summed E-state index contributed by atoms with van der Waals surface area (Å²) in [6.07, 6.45) is 12.0. The first-order valence-corrected chi connectivity index (χ1v) is 48.5. The Bertz CT molecular complexity index is 3820. The van der Waals surface area contributed by atoms with Gasteiger partial charge in [-0.1, -0.05) is 244 Å². The Labute approximate surface area is 770 Å². The summed E-state index contributed by atoms with van der Waals surface area (Å²) >= 11 is 0. The van der Waals surface area contributed by atoms with Gasteiger partial charge in [-0.25, -0.2) is 0 Å². The summed E-state index contributed by atoms with van der Waals surface area (Å²) < 4.78 is 18.6. The number of carbonyl (C=O) groups is 7. The molecular weight excluding hydrogens is 1600 g/mol. The van der Waals surface area contributed by atoms with Crippen molar-refractivity contribution in [1.29, 1.82) is 0 Å². The summed E-state index contributed by atoms with van der Waals surface area (Å²) in [5.41, 5.74) is 14.1. The molecule has 6 atom stereocenters. The average Bonchev–Trinajstić information content (AvgIpc) is 1.13. The van der Waals surface area contributed by atoms with Gasteiger partial charge in [0.25, 0.3) is 0 Å². The van der Waals surface area contributed by atoms with Crippen LogP contribution in [-0.2, 0) is 62.6 Å². The number of hydrogen-bond donors (Lipinski definition) is 4. The molecule has 6 unspecified atom stereocenters. The van der Waals surface area contributed by atoms with Gasteiger partial charge in [-0.2, -0.15) is 0 Å². The molecule has 6 aliphatic rings. The van der Waals surface area contributed by atoms with Crippen molar-refractivity contribution in [3.05, 3.63) is 207 Å². The number of phenols is 1. The Morgan fingerprint density at radius 2 is 0.539 bits per heavy atom. The van der Waals surface area contributed by atoms with E-state index in [0.717, 1.165) is 162 Å². The first-order chi connectivity index (χ1) is 61.2. The van der Waals surface area contributed by atoms with Gasteiger partial charge < -0.3 is 35.3 Å². The van der Waals surface area contributed by atoms with E-state index < -0.39 is 0 Å². The standard InChI is InChI=1S/3C26H41N3O3.C11H14O.C10H14.C9H12O/c3*1-20(2)25(30)5-4-6-26(31)27-17-23-11-12-24(32-23)19-29-15-13-28(14-16-29)18-22-9-7-21(3)8-10-22;1-8(2)11(12)10-6-4-9(3)5-7-10;1-8(2)10-6-4-9(3)5-7-10;1-7(2)8-3-5-9(10)6-4-8/h3*7-10,20,23-24H,4-6,11-19H2,1-3H3,(H,27,31);4-8H,1-3H3;4-8H,1-3H3;3-7,10H,1-2H3. The number of carbonyl (C=O) groups excluding carboxylic acids is 7. The minimum Gasteiger partial charge on any atom is -0.508 e. The smallest absolute Gasteiger partial charge is 0.220 e. The van der Waals surface area contributed by atoms with Gasteiger partial charge in [-0.15, -0.1) is 0 Å². The molecule has 3 amide bonds. The van der Waals surface area contributed by atoms with Gasteiger partial charge in [-0.3, -0.25) is 63.0 Å². The highest BCUT2D eigenvalue weighted by molar-refractivity contribution is 5.97. The first kappa shape index (κ1) is 107. The number of aryl methyl sites for hydroxylation is 5. The minimum absolute atomic E-state index is 0.0262. The van der Waals surface area contributed by atoms with Crippen LogP contribution in [0.5, 0.6) is 5.75 Å². The topological polar surface area (TPSA) is 223 Å². The monoisotopic (exact) mass is 1760 g/mol. The molecular formula is C108H163N9O11. The van der Waals surface area contributed by atoms with Crippen LogP contribution in [0.25, 0.3) is 0 Å². The van der Waals surface area contributed by atoms with Gasteiger partial charge in [-0.05, 0) is 144 Å². The fourth-order valence-electron chi connectivity index (χ4n) is 16.2. The SMILES string of the molecule is CC(C)c1ccc(O)cc1.Cc1ccc(C(=O)C(C)C)cc1.Cc1ccc(C(C)C)cc1.Cc1ccc(CN2CCN(CC3CCC(CNC(=O)CCCC(=O)C(C)C)O3)CC2)cc1.Cc1ccc(CN2CCN(CC3CCC(CNC(=O)CCCC(=O)C(C)C)O3)CC2)cc1.Cc1ccc(CN2CCN(CC3CCC(CNC(=O)CCCC(=O)C(C)C)O3)CC2)cc1. The zero-order valence-electron chi connectivity index (χ0n) is 81.5. The maximum atomic E-state index is 12.0. The maximum Gasteiger partial charge on any atom is 0.220 e. The van der Waals surface area contributed by atoms with Gasteiger partial charge in [0, 0.05) is 205 Å². The van der Waals surface area contributed by atoms with E-state index in [4.69, 9.17) is 19.3 Å². The van der Waals surface area contributed by atoms with Crippen molar-refractivity contribution in [3.63, 3.8) is 0 Å². The van der Waals surface area contributed by atoms with E-state index in [0.29, 0.717) is 95.0 Å². The van der Waals surface area contributed by atoms with Crippen LogP contribution in [0.2, 0.25) is 0 Å². The van der Waals surface area contributed by atoms with Crippen molar-refractivity contribution in [3.8, 4) is 5.75 Å². The Balaban J connectivity index is 0.000000224. The maximum absolute atomic E-state index is 12.0. The summed E-state index contributed by atoms with van der Waals surface area (Å²) in [5, 5.41) is 17.9. The molecule has 0 aromatic heterocycles. The first-order valence-electron chi connectivity index (χ1n) is 48.5. The number of nitrogens with one attached hydrogen (secondary N) is 3. The molecule has 6 aromatic carbocycles. The van der Waals surface area contributed by atoms with Crippen LogP contribution in [0.15, 0.2) is 146 Å². The van der Waals surface area contributed by atoms with Gasteiger partial charge in [0.1, 0.15) is 23.1 Å². The Kier molecular flexibility index (Phi) is 48.3. The number of phenolic OH excluding ortho intramolecular Hbond substituents is 1. The highest BCUT2D eigenvalue weighted by Crippen LogP contribution is 2.27. The number of nitrogens with zero attached hydrogens (tertiary/aromatic N) is 6. The molecule has 12 rings (SSSR count). The summed E-state index contributed by atoms with van der Waals surface area (Å²) in [4.78, 5) is 97.6. The van der Waals surface area contributed by atoms with Crippen LogP contribution in [-0.4, -0.2) is 230 Å². The fraction of sp³-hybridized carbons (Fsp3) is 0.602. The van der Waals surface area contributed by atoms with E-state index in [2.05, 4.69) is 198 Å². The van der Waals surface area contributed by atoms with Crippen molar-refractivity contribution < 1.29 is 52.9 Å². The average molecular weight is 1760 g/mol. The third-order valence-corrected chi connectivity index (χ3v) is 25.1. The largest absolute Gasteiger partial charge is 0.508 e. The molecule has 20 heteroatoms. The second kappa shape index (κ2) is 57.9. The minimum atomic E-state index is 0.0262. The third-order valence-electron chi connectivity index (χ3n) is 25.1. The van der Waals surface area contributed by atoms with Gasteiger partial charge in [0.05, 0.1) is 36.6 Å². The van der Waals surface area contributed by atoms with Crippen LogP contribution in [0.3, 0.4) is 0 Å². The van der Waals surface area contributed by atoms with E-state index in [-0.39, 0.29) is 101 Å². The van der Waals surface area contributed by atoms with Crippen LogP contribution < -0.4 is 16.0 Å². The van der Waals surface area contributed by atoms with E-state index in [1.807, 2.05) is 98.7 Å². The van der Waals surface area contributed by atoms with Crippen LogP contribution in [0, 0.1) is 58.3 Å². The zero-order valence-corrected chi connectivity index (χ0v) is 81.5. The summed E-state index contributed by atoms with van der Waals surface area (Å²) in [6.45, 7) is 55.4. The molecule has 0 saturated carbocycles. The zero-order chi connectivity index (χ0) is 93.0. The van der Waals surface area contributed by atoms with Crippen LogP contribution in [0.4, 0.5) is 0 Å². The van der Waals surface area contributed by atoms with Crippen molar-refractivity contribution in [2.45, 2.75) is 282 Å². The van der Waals surface area contributed by atoms with Gasteiger partial charge in [0.2, 0.25) is 17.7 Å². The molecule has 6 fully saturated rings. The normalized spacial score (nSPS) is 19.4. The number of ketones is 4. The van der Waals surface area contributed by atoms with Crippen molar-refractivity contribution >= 4 is 40.9 Å². The molecule has 20 nitrogen and oxygen atoms in total. The lowest BCUT2D eigenvalue weighted by Gasteiger charge is -2.35. The number of Topliss-reactive ketones (excluding diaryl/α,β-unsaturated/α-hetero) is 4. The predicted molar refractivity (Wildman–Crippen MR) is 520 cm³/mol. The second-order valence-electron chi connectivity index (χ2n) is 38.6. The molecule has 4 N–H and O–H groups in total. The van der Waals surface area contributed by atoms with Crippen molar-refractivity contribution in [2.24, 2.45) is 23.7 Å². The summed E-state index contributed by atoms with van der Waals surface area (Å²) in [6, 6.07) is 50.3. The number of piperazine rings is 3. The highest BCUT2D eigenvalue weighted by Gasteiger charge is 2.33. The molecule has 706 valence electrons. The van der Waals surface area contributed by atoms with E-state index >= 15 is 0 Å². The Hall–Kier alpha value is -8.15. The lowest BCUT2D eigenvalue weighted by molar-refractivity contribution is -0.124. The molecule has 0 aliphatic carbocycles. The van der Waals surface area contributed by atoms with E-state index in [9.17, 15) is 33.6 Å². The second-order valence-corrected chi connectivity index (χ2v) is 38.6. The van der Waals surface area contributed by atoms with E-state index in [1.54, 1.807) is 12.1 Å². The number of ether oxygens (including phenoxy) is 3. The third kappa shape index (κ3) is 42.8. The number of aromatic hydroxyl groups is 1. The summed E-state index contributed by atoms with van der Waals surface area (Å²) in [7, 11) is 0. The highest BCUT2D eigenvalue weighted by atomic mass is 16.5. The lowest BCUT2D eigenvalue weighted by Crippen LogP contribution is -2.48. The molecule has 0 spiro atoms. The quantitative estimate of drug-likeness (QED) is 0.0266. The molecule has 6 aromatic rings. The van der Waals surface area contributed by atoms with Crippen molar-refractivity contribution in [2.75, 3.05) is 118 Å². The lowest BCUT2D eigenvalue weighted by atomic mass is 10.0. The number of rotatable bonds is 37. The van der Waals surface area contributed by atoms with Crippen LogP contribution >= 0.6 is 0 Å². The van der Waals surface area contributed by atoms with Gasteiger partial charge in [0.15, 0.2) is 5.78 Å². The molecule has 0 bridgehead atoms. The fourth-order valence-corrected chi connectivity index (χ4v) is 16.2. The predicted octanol–water partition coefficient (Wildman–Crippen LogP) is 18.0. The number of benzene rings is 6. The molecule has 6 saturated heterocycles. The summed E-state index contributed by atoms with van der Waals surface area (Å²) in [5.74, 6) is 2.78. The Morgan fingerprint density at radius 1 is 0.305 bits per heavy atom. The molecule has 0 radical (unpaired) electrons.